The number of nitrogens with two attached hydrogens (primary N) is 1. The van der Waals surface area contributed by atoms with Gasteiger partial charge in [0.05, 0.1) is 0 Å². The maximum absolute atomic E-state index is 11.2. The highest BCUT2D eigenvalue weighted by molar-refractivity contribution is 7.13. The molecular formula is C22H19NO4S. The van der Waals surface area contributed by atoms with Crippen molar-refractivity contribution >= 4 is 23.4 Å². The van der Waals surface area contributed by atoms with Crippen molar-refractivity contribution in [3.8, 4) is 21.6 Å². The van der Waals surface area contributed by atoms with Gasteiger partial charge in [-0.25, -0.2) is 4.79 Å². The van der Waals surface area contributed by atoms with E-state index in [2.05, 4.69) is 30.3 Å². The van der Waals surface area contributed by atoms with Crippen LogP contribution in [0.5, 0.6) is 0 Å². The van der Waals surface area contributed by atoms with Gasteiger partial charge in [0.2, 0.25) is 0 Å². The van der Waals surface area contributed by atoms with Crippen LogP contribution in [0.25, 0.3) is 21.6 Å². The number of primary amides is 1. The van der Waals surface area contributed by atoms with Gasteiger partial charge in [0, 0.05) is 17.2 Å². The topological polar surface area (TPSA) is 89.6 Å². The summed E-state index contributed by atoms with van der Waals surface area (Å²) in [5.41, 5.74) is 11.8. The molecule has 0 saturated heterocycles. The molecule has 3 aromatic rings. The molecule has 1 heterocycles. The fourth-order valence-corrected chi connectivity index (χ4v) is 4.82. The van der Waals surface area contributed by atoms with E-state index in [1.807, 2.05) is 23.6 Å². The molecule has 5 nitrogen and oxygen atoms in total. The average molecular weight is 393 g/mol. The van der Waals surface area contributed by atoms with E-state index in [9.17, 15) is 9.59 Å². The van der Waals surface area contributed by atoms with Crippen LogP contribution in [0.15, 0.2) is 53.9 Å². The van der Waals surface area contributed by atoms with E-state index in [4.69, 9.17) is 15.6 Å². The predicted octanol–water partition coefficient (Wildman–Crippen LogP) is 4.64. The van der Waals surface area contributed by atoms with Crippen LogP contribution in [0.1, 0.15) is 29.0 Å². The third-order valence-electron chi connectivity index (χ3n) is 5.02. The standard InChI is InChI=1S/C22H19NO4S/c23-22(26)27-11-18-15-5-2-1-4-14(15)16-6-3-7-17(21(16)18)19-10-13(12-28-19)8-9-20(24)25/h1-7,10,12,18H,8-9,11H2,(H2,23,26)(H,24,25). The molecule has 0 spiro atoms. The summed E-state index contributed by atoms with van der Waals surface area (Å²) in [6.07, 6.45) is -0.158. The number of carbonyl (C=O) groups excluding carboxylic acids is 1. The molecule has 1 aromatic heterocycles. The molecule has 28 heavy (non-hydrogen) atoms. The lowest BCUT2D eigenvalue weighted by Crippen LogP contribution is -2.17. The highest BCUT2D eigenvalue weighted by Gasteiger charge is 2.32. The lowest BCUT2D eigenvalue weighted by Gasteiger charge is -2.16. The van der Waals surface area contributed by atoms with Gasteiger partial charge in [-0.15, -0.1) is 11.3 Å². The van der Waals surface area contributed by atoms with Gasteiger partial charge in [0.15, 0.2) is 0 Å². The Morgan fingerprint density at radius 3 is 2.61 bits per heavy atom. The van der Waals surface area contributed by atoms with Gasteiger partial charge in [0.1, 0.15) is 6.61 Å². The smallest absolute Gasteiger partial charge is 0.404 e. The molecule has 0 fully saturated rings. The van der Waals surface area contributed by atoms with Gasteiger partial charge in [-0.2, -0.15) is 0 Å². The summed E-state index contributed by atoms with van der Waals surface area (Å²) in [5.74, 6) is -0.882. The first-order valence-corrected chi connectivity index (χ1v) is 9.86. The number of aliphatic carboxylic acids is 1. The number of amides is 1. The lowest BCUT2D eigenvalue weighted by atomic mass is 9.92. The molecule has 142 valence electrons. The van der Waals surface area contributed by atoms with Crippen molar-refractivity contribution in [1.29, 1.82) is 0 Å². The van der Waals surface area contributed by atoms with Crippen LogP contribution in [0, 0.1) is 0 Å². The minimum Gasteiger partial charge on any atom is -0.481 e. The summed E-state index contributed by atoms with van der Waals surface area (Å²) in [7, 11) is 0. The molecule has 2 aromatic carbocycles. The molecule has 1 unspecified atom stereocenters. The molecular weight excluding hydrogens is 374 g/mol. The Morgan fingerprint density at radius 2 is 1.82 bits per heavy atom. The minimum atomic E-state index is -0.799. The van der Waals surface area contributed by atoms with Crippen molar-refractivity contribution in [2.45, 2.75) is 18.8 Å². The van der Waals surface area contributed by atoms with Crippen LogP contribution in [0.4, 0.5) is 4.79 Å². The molecule has 6 heteroatoms. The number of fused-ring (bicyclic) bond motifs is 3. The van der Waals surface area contributed by atoms with Crippen LogP contribution < -0.4 is 5.73 Å². The number of aryl methyl sites for hydroxylation is 1. The van der Waals surface area contributed by atoms with Gasteiger partial charge in [-0.1, -0.05) is 42.5 Å². The van der Waals surface area contributed by atoms with Gasteiger partial charge in [-0.3, -0.25) is 4.79 Å². The maximum Gasteiger partial charge on any atom is 0.404 e. The average Bonchev–Trinajstić information content (AvgIpc) is 3.27. The molecule has 0 radical (unpaired) electrons. The second kappa shape index (κ2) is 7.48. The second-order valence-corrected chi connectivity index (χ2v) is 7.66. The molecule has 1 atom stereocenters. The quantitative estimate of drug-likeness (QED) is 0.638. The molecule has 4 rings (SSSR count). The number of carbonyl (C=O) groups is 2. The number of carboxylic acids is 1. The Bertz CT molecular complexity index is 1060. The van der Waals surface area contributed by atoms with Gasteiger partial charge < -0.3 is 15.6 Å². The number of hydrogen-bond acceptors (Lipinski definition) is 4. The van der Waals surface area contributed by atoms with E-state index in [0.717, 1.165) is 38.3 Å². The first-order valence-electron chi connectivity index (χ1n) is 8.98. The number of carboxylic acid groups (broad SMARTS) is 1. The van der Waals surface area contributed by atoms with Crippen molar-refractivity contribution in [2.75, 3.05) is 6.61 Å². The zero-order valence-electron chi connectivity index (χ0n) is 15.1. The first-order chi connectivity index (χ1) is 13.5. The number of rotatable bonds is 6. The number of hydrogen-bond donors (Lipinski definition) is 2. The zero-order valence-corrected chi connectivity index (χ0v) is 15.9. The second-order valence-electron chi connectivity index (χ2n) is 6.75. The first kappa shape index (κ1) is 18.3. The predicted molar refractivity (Wildman–Crippen MR) is 109 cm³/mol. The van der Waals surface area contributed by atoms with E-state index < -0.39 is 12.1 Å². The van der Waals surface area contributed by atoms with Crippen molar-refractivity contribution in [1.82, 2.24) is 0 Å². The van der Waals surface area contributed by atoms with Crippen molar-refractivity contribution < 1.29 is 19.4 Å². The van der Waals surface area contributed by atoms with Crippen LogP contribution >= 0.6 is 11.3 Å². The Hall–Kier alpha value is -3.12. The summed E-state index contributed by atoms with van der Waals surface area (Å²) < 4.78 is 5.18. The molecule has 1 aliphatic rings. The number of benzene rings is 2. The highest BCUT2D eigenvalue weighted by atomic mass is 32.1. The van der Waals surface area contributed by atoms with Crippen molar-refractivity contribution in [3.05, 3.63) is 70.6 Å². The van der Waals surface area contributed by atoms with Gasteiger partial charge in [0.25, 0.3) is 0 Å². The summed E-state index contributed by atoms with van der Waals surface area (Å²) in [4.78, 5) is 23.1. The lowest BCUT2D eigenvalue weighted by molar-refractivity contribution is -0.136. The summed E-state index contributed by atoms with van der Waals surface area (Å²) >= 11 is 1.60. The van der Waals surface area contributed by atoms with E-state index in [0.29, 0.717) is 6.42 Å². The third kappa shape index (κ3) is 3.39. The third-order valence-corrected chi connectivity index (χ3v) is 6.03. The zero-order chi connectivity index (χ0) is 19.7. The molecule has 0 aliphatic heterocycles. The fraction of sp³-hybridized carbons (Fsp3) is 0.182. The van der Waals surface area contributed by atoms with E-state index in [1.165, 1.54) is 0 Å². The van der Waals surface area contributed by atoms with Crippen molar-refractivity contribution in [3.63, 3.8) is 0 Å². The number of thiophene rings is 1. The van der Waals surface area contributed by atoms with Crippen LogP contribution in [-0.2, 0) is 16.0 Å². The van der Waals surface area contributed by atoms with Crippen LogP contribution in [0.2, 0.25) is 0 Å². The Kier molecular flexibility index (Phi) is 4.88. The van der Waals surface area contributed by atoms with Crippen LogP contribution in [0.3, 0.4) is 0 Å². The molecule has 3 N–H and O–H groups in total. The van der Waals surface area contributed by atoms with E-state index in [1.54, 1.807) is 11.3 Å². The molecule has 0 bridgehead atoms. The summed E-state index contributed by atoms with van der Waals surface area (Å²) in [5, 5.41) is 10.9. The Labute approximate surface area is 166 Å². The number of ether oxygens (including phenoxy) is 1. The highest BCUT2D eigenvalue weighted by Crippen LogP contribution is 2.49. The van der Waals surface area contributed by atoms with Gasteiger partial charge in [-0.05, 0) is 51.2 Å². The molecule has 1 amide bonds. The molecule has 0 saturated carbocycles. The monoisotopic (exact) mass is 393 g/mol. The van der Waals surface area contributed by atoms with Crippen LogP contribution in [-0.4, -0.2) is 23.8 Å². The largest absolute Gasteiger partial charge is 0.481 e. The fourth-order valence-electron chi connectivity index (χ4n) is 3.83. The van der Waals surface area contributed by atoms with E-state index >= 15 is 0 Å². The van der Waals surface area contributed by atoms with E-state index in [-0.39, 0.29) is 18.9 Å². The normalized spacial score (nSPS) is 14.4. The maximum atomic E-state index is 11.2. The summed E-state index contributed by atoms with van der Waals surface area (Å²) in [6.45, 7) is 0.188. The SMILES string of the molecule is NC(=O)OCC1c2ccccc2-c2cccc(-c3cc(CCC(=O)O)cs3)c21. The molecule has 1 aliphatic carbocycles. The van der Waals surface area contributed by atoms with Crippen molar-refractivity contribution in [2.24, 2.45) is 5.73 Å². The van der Waals surface area contributed by atoms with Gasteiger partial charge >= 0.3 is 12.1 Å². The summed E-state index contributed by atoms with van der Waals surface area (Å²) in [6, 6.07) is 16.3. The Balaban J connectivity index is 1.76. The minimum absolute atomic E-state index is 0.0838. The Morgan fingerprint density at radius 1 is 1.07 bits per heavy atom.